The molecule has 0 aliphatic heterocycles. The summed E-state index contributed by atoms with van der Waals surface area (Å²) in [6, 6.07) is 5.13. The molecular weight excluding hydrogens is 271 g/mol. The van der Waals surface area contributed by atoms with E-state index in [9.17, 15) is 9.18 Å². The van der Waals surface area contributed by atoms with Crippen molar-refractivity contribution >= 4 is 5.91 Å². The van der Waals surface area contributed by atoms with Gasteiger partial charge >= 0.3 is 0 Å². The Bertz CT molecular complexity index is 452. The number of rotatable bonds is 9. The molecule has 2 N–H and O–H groups in total. The second kappa shape index (κ2) is 9.34. The van der Waals surface area contributed by atoms with E-state index in [2.05, 4.69) is 17.6 Å². The summed E-state index contributed by atoms with van der Waals surface area (Å²) in [5, 5.41) is 5.85. The van der Waals surface area contributed by atoms with Gasteiger partial charge in [0, 0.05) is 19.5 Å². The zero-order valence-corrected chi connectivity index (χ0v) is 13.0. The lowest BCUT2D eigenvalue weighted by molar-refractivity contribution is -0.120. The Hall–Kier alpha value is -1.62. The number of hydrogen-bond acceptors (Lipinski definition) is 3. The molecule has 0 saturated heterocycles. The van der Waals surface area contributed by atoms with E-state index in [1.54, 1.807) is 13.1 Å². The Morgan fingerprint density at radius 1 is 1.43 bits per heavy atom. The Kier molecular flexibility index (Phi) is 7.75. The number of ether oxygens (including phenoxy) is 1. The summed E-state index contributed by atoms with van der Waals surface area (Å²) in [6.45, 7) is 5.33. The van der Waals surface area contributed by atoms with Crippen LogP contribution in [0.25, 0.3) is 0 Å². The molecule has 1 amide bonds. The lowest BCUT2D eigenvalue weighted by atomic mass is 10.1. The van der Waals surface area contributed by atoms with E-state index in [4.69, 9.17) is 4.74 Å². The highest BCUT2D eigenvalue weighted by Crippen LogP contribution is 2.22. The minimum Gasteiger partial charge on any atom is -0.491 e. The summed E-state index contributed by atoms with van der Waals surface area (Å²) in [4.78, 5) is 11.0. The van der Waals surface area contributed by atoms with Crippen LogP contribution in [0.2, 0.25) is 0 Å². The highest BCUT2D eigenvalue weighted by atomic mass is 19.1. The number of benzene rings is 1. The third-order valence-electron chi connectivity index (χ3n) is 3.24. The van der Waals surface area contributed by atoms with Crippen molar-refractivity contribution < 1.29 is 13.9 Å². The van der Waals surface area contributed by atoms with Crippen LogP contribution in [-0.2, 0) is 4.79 Å². The van der Waals surface area contributed by atoms with Gasteiger partial charge < -0.3 is 15.4 Å². The van der Waals surface area contributed by atoms with Gasteiger partial charge in [0.1, 0.15) is 0 Å². The first-order valence-electron chi connectivity index (χ1n) is 7.44. The molecule has 1 aromatic carbocycles. The van der Waals surface area contributed by atoms with Crippen molar-refractivity contribution in [2.24, 2.45) is 0 Å². The van der Waals surface area contributed by atoms with E-state index in [1.807, 2.05) is 13.0 Å². The van der Waals surface area contributed by atoms with Gasteiger partial charge in [-0.15, -0.1) is 0 Å². The van der Waals surface area contributed by atoms with E-state index in [0.717, 1.165) is 18.5 Å². The molecule has 0 aliphatic carbocycles. The molecule has 0 radical (unpaired) electrons. The van der Waals surface area contributed by atoms with E-state index >= 15 is 0 Å². The highest BCUT2D eigenvalue weighted by molar-refractivity contribution is 5.75. The maximum atomic E-state index is 14.0. The Labute approximate surface area is 126 Å². The molecule has 1 rings (SSSR count). The third-order valence-corrected chi connectivity index (χ3v) is 3.24. The summed E-state index contributed by atoms with van der Waals surface area (Å²) < 4.78 is 19.3. The fraction of sp³-hybridized carbons (Fsp3) is 0.562. The SMILES string of the molecule is CCCNC(C)c1ccc(OCCCC(=O)NC)c(F)c1. The highest BCUT2D eigenvalue weighted by Gasteiger charge is 2.09. The molecule has 0 bridgehead atoms. The Morgan fingerprint density at radius 2 is 2.19 bits per heavy atom. The molecule has 1 atom stereocenters. The number of carbonyl (C=O) groups excluding carboxylic acids is 1. The molecule has 0 aromatic heterocycles. The Morgan fingerprint density at radius 3 is 2.81 bits per heavy atom. The van der Waals surface area contributed by atoms with Gasteiger partial charge in [-0.05, 0) is 44.0 Å². The molecule has 0 aliphatic rings. The van der Waals surface area contributed by atoms with Crippen molar-refractivity contribution in [2.75, 3.05) is 20.2 Å². The number of halogens is 1. The first-order chi connectivity index (χ1) is 10.1. The summed E-state index contributed by atoms with van der Waals surface area (Å²) in [7, 11) is 1.59. The fourth-order valence-electron chi connectivity index (χ4n) is 1.92. The van der Waals surface area contributed by atoms with E-state index in [0.29, 0.717) is 19.4 Å². The van der Waals surface area contributed by atoms with Crippen molar-refractivity contribution in [2.45, 2.75) is 39.2 Å². The van der Waals surface area contributed by atoms with Crippen LogP contribution in [-0.4, -0.2) is 26.1 Å². The minimum absolute atomic E-state index is 0.0368. The predicted molar refractivity (Wildman–Crippen MR) is 81.9 cm³/mol. The van der Waals surface area contributed by atoms with Crippen LogP contribution >= 0.6 is 0 Å². The fourth-order valence-corrected chi connectivity index (χ4v) is 1.92. The van der Waals surface area contributed by atoms with E-state index in [1.165, 1.54) is 6.07 Å². The molecule has 118 valence electrons. The van der Waals surface area contributed by atoms with Crippen LogP contribution in [0.1, 0.15) is 44.7 Å². The first kappa shape index (κ1) is 17.4. The molecular formula is C16H25FN2O2. The molecule has 4 nitrogen and oxygen atoms in total. The molecule has 0 fully saturated rings. The second-order valence-corrected chi connectivity index (χ2v) is 4.99. The molecule has 0 spiro atoms. The van der Waals surface area contributed by atoms with Crippen molar-refractivity contribution in [1.29, 1.82) is 0 Å². The number of amides is 1. The lowest BCUT2D eigenvalue weighted by Crippen LogP contribution is -2.19. The summed E-state index contributed by atoms with van der Waals surface area (Å²) >= 11 is 0. The van der Waals surface area contributed by atoms with Gasteiger partial charge in [-0.3, -0.25) is 4.79 Å². The van der Waals surface area contributed by atoms with Crippen molar-refractivity contribution in [3.05, 3.63) is 29.6 Å². The van der Waals surface area contributed by atoms with Crippen LogP contribution in [0.3, 0.4) is 0 Å². The largest absolute Gasteiger partial charge is 0.491 e. The minimum atomic E-state index is -0.363. The molecule has 21 heavy (non-hydrogen) atoms. The maximum Gasteiger partial charge on any atom is 0.219 e. The van der Waals surface area contributed by atoms with E-state index < -0.39 is 0 Å². The average Bonchev–Trinajstić information content (AvgIpc) is 2.49. The maximum absolute atomic E-state index is 14.0. The summed E-state index contributed by atoms with van der Waals surface area (Å²) in [6.07, 6.45) is 1.99. The quantitative estimate of drug-likeness (QED) is 0.689. The van der Waals surface area contributed by atoms with Gasteiger partial charge in [-0.1, -0.05) is 13.0 Å². The zero-order chi connectivity index (χ0) is 15.7. The molecule has 1 aromatic rings. The lowest BCUT2D eigenvalue weighted by Gasteiger charge is -2.15. The molecule has 0 heterocycles. The standard InChI is InChI=1S/C16H25FN2O2/c1-4-9-19-12(2)13-7-8-15(14(17)11-13)21-10-5-6-16(20)18-3/h7-8,11-12,19H,4-6,9-10H2,1-3H3,(H,18,20). The normalized spacial score (nSPS) is 12.0. The molecule has 0 saturated carbocycles. The van der Waals surface area contributed by atoms with Crippen molar-refractivity contribution in [3.63, 3.8) is 0 Å². The second-order valence-electron chi connectivity index (χ2n) is 4.99. The number of nitrogens with one attached hydrogen (secondary N) is 2. The van der Waals surface area contributed by atoms with Gasteiger partial charge in [0.25, 0.3) is 0 Å². The van der Waals surface area contributed by atoms with Crippen molar-refractivity contribution in [1.82, 2.24) is 10.6 Å². The average molecular weight is 296 g/mol. The third kappa shape index (κ3) is 6.12. The van der Waals surface area contributed by atoms with Gasteiger partial charge in [0.2, 0.25) is 5.91 Å². The monoisotopic (exact) mass is 296 g/mol. The van der Waals surface area contributed by atoms with E-state index in [-0.39, 0.29) is 23.5 Å². The van der Waals surface area contributed by atoms with Gasteiger partial charge in [-0.2, -0.15) is 0 Å². The van der Waals surface area contributed by atoms with Crippen LogP contribution in [0.5, 0.6) is 5.75 Å². The van der Waals surface area contributed by atoms with Gasteiger partial charge in [-0.25, -0.2) is 4.39 Å². The number of hydrogen-bond donors (Lipinski definition) is 2. The predicted octanol–water partition coefficient (Wildman–Crippen LogP) is 2.79. The van der Waals surface area contributed by atoms with Crippen LogP contribution in [0, 0.1) is 5.82 Å². The van der Waals surface area contributed by atoms with Gasteiger partial charge in [0.05, 0.1) is 6.61 Å². The first-order valence-corrected chi connectivity index (χ1v) is 7.44. The smallest absolute Gasteiger partial charge is 0.219 e. The number of carbonyl (C=O) groups is 1. The van der Waals surface area contributed by atoms with Crippen LogP contribution in [0.4, 0.5) is 4.39 Å². The molecule has 5 heteroatoms. The Balaban J connectivity index is 2.48. The van der Waals surface area contributed by atoms with Crippen LogP contribution < -0.4 is 15.4 Å². The van der Waals surface area contributed by atoms with Gasteiger partial charge in [0.15, 0.2) is 11.6 Å². The summed E-state index contributed by atoms with van der Waals surface area (Å²) in [5.41, 5.74) is 0.902. The summed E-state index contributed by atoms with van der Waals surface area (Å²) in [5.74, 6) is -0.166. The zero-order valence-electron chi connectivity index (χ0n) is 13.0. The molecule has 1 unspecified atom stereocenters. The topological polar surface area (TPSA) is 50.4 Å². The van der Waals surface area contributed by atoms with Crippen molar-refractivity contribution in [3.8, 4) is 5.75 Å². The van der Waals surface area contributed by atoms with Crippen LogP contribution in [0.15, 0.2) is 18.2 Å².